The Kier molecular flexibility index (Phi) is 2.86. The predicted octanol–water partition coefficient (Wildman–Crippen LogP) is 1.72. The Morgan fingerprint density at radius 1 is 1.30 bits per heavy atom. The molecular formula is C13H9FN4O2. The molecule has 0 N–H and O–H groups in total. The maximum atomic E-state index is 13.9. The Labute approximate surface area is 112 Å². The van der Waals surface area contributed by atoms with Crippen molar-refractivity contribution in [2.75, 3.05) is 7.11 Å². The number of rotatable bonds is 2. The fourth-order valence-electron chi connectivity index (χ4n) is 1.84. The van der Waals surface area contributed by atoms with Crippen LogP contribution in [0.15, 0.2) is 36.5 Å². The molecule has 2 aromatic heterocycles. The van der Waals surface area contributed by atoms with Crippen molar-refractivity contribution in [2.24, 2.45) is 0 Å². The van der Waals surface area contributed by atoms with Crippen molar-refractivity contribution < 1.29 is 13.9 Å². The summed E-state index contributed by atoms with van der Waals surface area (Å²) < 4.78 is 19.7. The summed E-state index contributed by atoms with van der Waals surface area (Å²) in [5, 5.41) is 4.00. The van der Waals surface area contributed by atoms with Crippen LogP contribution in [0.2, 0.25) is 0 Å². The zero-order valence-electron chi connectivity index (χ0n) is 10.4. The smallest absolute Gasteiger partial charge is 0.378 e. The van der Waals surface area contributed by atoms with Gasteiger partial charge in [-0.1, -0.05) is 12.1 Å². The first-order valence-electron chi connectivity index (χ1n) is 5.75. The third-order valence-corrected chi connectivity index (χ3v) is 2.76. The normalized spacial score (nSPS) is 10.7. The Balaban J connectivity index is 2.24. The van der Waals surface area contributed by atoms with Gasteiger partial charge >= 0.3 is 5.97 Å². The van der Waals surface area contributed by atoms with Crippen LogP contribution >= 0.6 is 0 Å². The number of carbonyl (C=O) groups is 1. The third-order valence-electron chi connectivity index (χ3n) is 2.76. The van der Waals surface area contributed by atoms with Gasteiger partial charge in [0.2, 0.25) is 0 Å². The molecular weight excluding hydrogens is 263 g/mol. The number of esters is 1. The monoisotopic (exact) mass is 272 g/mol. The second-order valence-electron chi connectivity index (χ2n) is 3.95. The summed E-state index contributed by atoms with van der Waals surface area (Å²) in [5.74, 6) is -0.986. The van der Waals surface area contributed by atoms with E-state index in [4.69, 9.17) is 0 Å². The highest BCUT2D eigenvalue weighted by Gasteiger charge is 2.17. The van der Waals surface area contributed by atoms with E-state index in [0.29, 0.717) is 11.3 Å². The minimum absolute atomic E-state index is 0.121. The number of aromatic nitrogens is 4. The molecule has 7 heteroatoms. The van der Waals surface area contributed by atoms with Gasteiger partial charge in [-0.3, -0.25) is 0 Å². The molecule has 0 radical (unpaired) electrons. The van der Waals surface area contributed by atoms with Gasteiger partial charge in [0.25, 0.3) is 11.6 Å². The van der Waals surface area contributed by atoms with Crippen LogP contribution in [0.1, 0.15) is 10.6 Å². The molecule has 0 atom stereocenters. The van der Waals surface area contributed by atoms with Crippen molar-refractivity contribution in [3.63, 3.8) is 0 Å². The van der Waals surface area contributed by atoms with Gasteiger partial charge < -0.3 is 4.74 Å². The number of halogens is 1. The summed E-state index contributed by atoms with van der Waals surface area (Å²) in [4.78, 5) is 19.4. The summed E-state index contributed by atoms with van der Waals surface area (Å²) >= 11 is 0. The minimum Gasteiger partial charge on any atom is -0.463 e. The van der Waals surface area contributed by atoms with E-state index in [1.54, 1.807) is 24.3 Å². The Morgan fingerprint density at radius 2 is 2.10 bits per heavy atom. The highest BCUT2D eigenvalue weighted by molar-refractivity contribution is 5.85. The molecule has 0 amide bonds. The van der Waals surface area contributed by atoms with Crippen LogP contribution < -0.4 is 0 Å². The highest BCUT2D eigenvalue weighted by Crippen LogP contribution is 2.22. The van der Waals surface area contributed by atoms with Crippen LogP contribution in [0, 0.1) is 5.82 Å². The third kappa shape index (κ3) is 1.89. The number of hydrogen-bond donors (Lipinski definition) is 0. The zero-order valence-corrected chi connectivity index (χ0v) is 10.4. The Morgan fingerprint density at radius 3 is 2.85 bits per heavy atom. The molecule has 1 aromatic carbocycles. The van der Waals surface area contributed by atoms with E-state index in [1.807, 2.05) is 0 Å². The van der Waals surface area contributed by atoms with Crippen LogP contribution in [0.5, 0.6) is 0 Å². The molecule has 0 fully saturated rings. The summed E-state index contributed by atoms with van der Waals surface area (Å²) in [6.45, 7) is 0. The second kappa shape index (κ2) is 4.69. The molecule has 0 aliphatic rings. The van der Waals surface area contributed by atoms with Gasteiger partial charge in [-0.2, -0.15) is 9.50 Å². The lowest BCUT2D eigenvalue weighted by atomic mass is 10.1. The molecule has 0 unspecified atom stereocenters. The summed E-state index contributed by atoms with van der Waals surface area (Å²) in [5.41, 5.74) is 0.803. The molecule has 6 nitrogen and oxygen atoms in total. The standard InChI is InChI=1S/C13H9FN4O2/c1-20-12(19)11-16-13-15-7-6-10(18(13)17-11)8-4-2-3-5-9(8)14/h2-7H,1H3. The predicted molar refractivity (Wildman–Crippen MR) is 67.5 cm³/mol. The molecule has 2 heterocycles. The number of hydrogen-bond acceptors (Lipinski definition) is 5. The lowest BCUT2D eigenvalue weighted by molar-refractivity contribution is 0.0587. The van der Waals surface area contributed by atoms with Crippen LogP contribution in [-0.4, -0.2) is 32.7 Å². The fraction of sp³-hybridized carbons (Fsp3) is 0.0769. The van der Waals surface area contributed by atoms with Crippen LogP contribution in [-0.2, 0) is 4.74 Å². The minimum atomic E-state index is -0.671. The first-order chi connectivity index (χ1) is 9.70. The van der Waals surface area contributed by atoms with Crippen LogP contribution in [0.25, 0.3) is 17.0 Å². The maximum Gasteiger partial charge on any atom is 0.378 e. The quantitative estimate of drug-likeness (QED) is 0.664. The number of fused-ring (bicyclic) bond motifs is 1. The van der Waals surface area contributed by atoms with Crippen molar-refractivity contribution in [3.8, 4) is 11.3 Å². The van der Waals surface area contributed by atoms with Gasteiger partial charge in [0.15, 0.2) is 0 Å². The number of nitrogens with zero attached hydrogens (tertiary/aromatic N) is 4. The van der Waals surface area contributed by atoms with Gasteiger partial charge in [-0.05, 0) is 18.2 Å². The Bertz CT molecular complexity index is 800. The Hall–Kier alpha value is -2.83. The maximum absolute atomic E-state index is 13.9. The second-order valence-corrected chi connectivity index (χ2v) is 3.95. The molecule has 0 aliphatic carbocycles. The number of methoxy groups -OCH3 is 1. The van der Waals surface area contributed by atoms with Crippen LogP contribution in [0.4, 0.5) is 4.39 Å². The van der Waals surface area contributed by atoms with E-state index in [9.17, 15) is 9.18 Å². The molecule has 0 aliphatic heterocycles. The number of ether oxygens (including phenoxy) is 1. The van der Waals surface area contributed by atoms with E-state index in [2.05, 4.69) is 19.8 Å². The first-order valence-corrected chi connectivity index (χ1v) is 5.75. The largest absolute Gasteiger partial charge is 0.463 e. The topological polar surface area (TPSA) is 69.4 Å². The van der Waals surface area contributed by atoms with E-state index < -0.39 is 11.8 Å². The van der Waals surface area contributed by atoms with Crippen molar-refractivity contribution in [1.29, 1.82) is 0 Å². The van der Waals surface area contributed by atoms with Gasteiger partial charge in [0.05, 0.1) is 12.8 Å². The molecule has 3 aromatic rings. The SMILES string of the molecule is COC(=O)c1nc2nccc(-c3ccccc3F)n2n1. The molecule has 3 rings (SSSR count). The fourth-order valence-corrected chi connectivity index (χ4v) is 1.84. The molecule has 0 bridgehead atoms. The molecule has 0 saturated heterocycles. The van der Waals surface area contributed by atoms with Gasteiger partial charge in [-0.25, -0.2) is 14.2 Å². The van der Waals surface area contributed by atoms with Crippen molar-refractivity contribution in [3.05, 3.63) is 48.2 Å². The number of benzene rings is 1. The van der Waals surface area contributed by atoms with Crippen molar-refractivity contribution >= 4 is 11.7 Å². The van der Waals surface area contributed by atoms with E-state index in [-0.39, 0.29) is 11.6 Å². The van der Waals surface area contributed by atoms with E-state index >= 15 is 0 Å². The highest BCUT2D eigenvalue weighted by atomic mass is 19.1. The first kappa shape index (κ1) is 12.2. The summed E-state index contributed by atoms with van der Waals surface area (Å²) in [6, 6.07) is 7.87. The van der Waals surface area contributed by atoms with E-state index in [1.165, 1.54) is 23.9 Å². The van der Waals surface area contributed by atoms with Gasteiger partial charge in [-0.15, -0.1) is 5.10 Å². The van der Waals surface area contributed by atoms with Crippen LogP contribution in [0.3, 0.4) is 0 Å². The molecule has 0 spiro atoms. The van der Waals surface area contributed by atoms with E-state index in [0.717, 1.165) is 0 Å². The van der Waals surface area contributed by atoms with Gasteiger partial charge in [0, 0.05) is 11.8 Å². The lowest BCUT2D eigenvalue weighted by Crippen LogP contribution is -2.04. The average molecular weight is 272 g/mol. The zero-order chi connectivity index (χ0) is 14.1. The lowest BCUT2D eigenvalue weighted by Gasteiger charge is -2.04. The molecule has 0 saturated carbocycles. The number of carbonyl (C=O) groups excluding carboxylic acids is 1. The average Bonchev–Trinajstić information content (AvgIpc) is 2.91. The van der Waals surface area contributed by atoms with Crippen molar-refractivity contribution in [1.82, 2.24) is 19.6 Å². The van der Waals surface area contributed by atoms with Gasteiger partial charge in [0.1, 0.15) is 5.82 Å². The van der Waals surface area contributed by atoms with Crippen molar-refractivity contribution in [2.45, 2.75) is 0 Å². The molecule has 100 valence electrons. The summed E-state index contributed by atoms with van der Waals surface area (Å²) in [6.07, 6.45) is 1.48. The summed E-state index contributed by atoms with van der Waals surface area (Å²) in [7, 11) is 1.24. The molecule has 20 heavy (non-hydrogen) atoms.